The average molecular weight is 378 g/mol. The highest BCUT2D eigenvalue weighted by Gasteiger charge is 2.34. The first-order valence-corrected chi connectivity index (χ1v) is 9.99. The lowest BCUT2D eigenvalue weighted by Crippen LogP contribution is -2.29. The number of hydrogen-bond acceptors (Lipinski definition) is 4. The molecule has 1 unspecified atom stereocenters. The molecule has 1 saturated heterocycles. The van der Waals surface area contributed by atoms with Gasteiger partial charge in [-0.15, -0.1) is 0 Å². The SMILES string of the molecule is Cc1n[nH]c(C)c1C1=C2NC(=NCC3CC3)NC2CC(c2c(C)noc2C)=C1. The van der Waals surface area contributed by atoms with Crippen LogP contribution in [0.1, 0.15) is 53.2 Å². The smallest absolute Gasteiger partial charge is 0.196 e. The zero-order valence-electron chi connectivity index (χ0n) is 16.8. The van der Waals surface area contributed by atoms with E-state index in [-0.39, 0.29) is 6.04 Å². The van der Waals surface area contributed by atoms with E-state index in [0.717, 1.165) is 58.8 Å². The van der Waals surface area contributed by atoms with E-state index in [1.807, 2.05) is 20.8 Å². The molecule has 1 saturated carbocycles. The standard InChI is InChI=1S/C21H26N6O/c1-10-18(11(2)26-25-10)16-7-15(19-12(3)27-28-13(19)4)8-17-20(16)24-21(23-17)22-9-14-5-6-14/h7,14,17H,5-6,8-9H2,1-4H3,(H,25,26)(H2,22,23,24). The van der Waals surface area contributed by atoms with Crippen molar-refractivity contribution >= 4 is 17.1 Å². The van der Waals surface area contributed by atoms with Gasteiger partial charge in [0.1, 0.15) is 5.76 Å². The Morgan fingerprint density at radius 2 is 1.96 bits per heavy atom. The maximum Gasteiger partial charge on any atom is 0.196 e. The second-order valence-electron chi connectivity index (χ2n) is 8.16. The summed E-state index contributed by atoms with van der Waals surface area (Å²) in [6.45, 7) is 9.00. The number of aliphatic imine (C=N–C) groups is 1. The average Bonchev–Trinajstić information content (AvgIpc) is 3.18. The number of hydrogen-bond donors (Lipinski definition) is 3. The first-order chi connectivity index (χ1) is 13.5. The van der Waals surface area contributed by atoms with Crippen molar-refractivity contribution in [3.05, 3.63) is 45.7 Å². The third-order valence-electron chi connectivity index (χ3n) is 5.90. The molecule has 146 valence electrons. The molecule has 0 spiro atoms. The van der Waals surface area contributed by atoms with Gasteiger partial charge in [0.05, 0.1) is 17.4 Å². The van der Waals surface area contributed by atoms with Crippen molar-refractivity contribution in [2.45, 2.75) is 53.0 Å². The van der Waals surface area contributed by atoms with E-state index in [1.165, 1.54) is 29.7 Å². The topological polar surface area (TPSA) is 91.1 Å². The Morgan fingerprint density at radius 3 is 2.61 bits per heavy atom. The van der Waals surface area contributed by atoms with Gasteiger partial charge in [-0.2, -0.15) is 5.10 Å². The monoisotopic (exact) mass is 378 g/mol. The van der Waals surface area contributed by atoms with Crippen LogP contribution >= 0.6 is 0 Å². The maximum absolute atomic E-state index is 5.44. The third kappa shape index (κ3) is 2.85. The van der Waals surface area contributed by atoms with E-state index in [1.54, 1.807) is 0 Å². The predicted molar refractivity (Wildman–Crippen MR) is 109 cm³/mol. The Kier molecular flexibility index (Phi) is 3.92. The van der Waals surface area contributed by atoms with Crippen LogP contribution in [-0.4, -0.2) is 33.9 Å². The first-order valence-electron chi connectivity index (χ1n) is 9.99. The summed E-state index contributed by atoms with van der Waals surface area (Å²) in [6.07, 6.45) is 5.74. The molecule has 3 heterocycles. The Labute approximate surface area is 164 Å². The molecule has 2 aromatic rings. The number of allylic oxidation sites excluding steroid dienone is 2. The van der Waals surface area contributed by atoms with Gasteiger partial charge in [0.25, 0.3) is 0 Å². The number of guanidine groups is 1. The summed E-state index contributed by atoms with van der Waals surface area (Å²) >= 11 is 0. The minimum absolute atomic E-state index is 0.162. The van der Waals surface area contributed by atoms with Crippen molar-refractivity contribution in [2.75, 3.05) is 6.54 Å². The molecular weight excluding hydrogens is 352 g/mol. The number of rotatable bonds is 4. The molecular formula is C21H26N6O. The van der Waals surface area contributed by atoms with Gasteiger partial charge in [-0.1, -0.05) is 5.16 Å². The number of nitrogens with one attached hydrogen (secondary N) is 3. The molecule has 0 radical (unpaired) electrons. The van der Waals surface area contributed by atoms with Crippen LogP contribution in [0.2, 0.25) is 0 Å². The first kappa shape index (κ1) is 17.3. The predicted octanol–water partition coefficient (Wildman–Crippen LogP) is 3.16. The minimum atomic E-state index is 0.162. The molecule has 0 aromatic carbocycles. The van der Waals surface area contributed by atoms with Crippen molar-refractivity contribution in [1.82, 2.24) is 26.0 Å². The van der Waals surface area contributed by atoms with Crippen LogP contribution in [0.15, 0.2) is 21.3 Å². The molecule has 7 nitrogen and oxygen atoms in total. The molecule has 5 rings (SSSR count). The van der Waals surface area contributed by atoms with E-state index < -0.39 is 0 Å². The van der Waals surface area contributed by atoms with Gasteiger partial charge in [0.15, 0.2) is 5.96 Å². The van der Waals surface area contributed by atoms with Crippen LogP contribution < -0.4 is 10.6 Å². The summed E-state index contributed by atoms with van der Waals surface area (Å²) in [6, 6.07) is 0.162. The number of H-pyrrole nitrogens is 1. The zero-order valence-corrected chi connectivity index (χ0v) is 16.8. The van der Waals surface area contributed by atoms with Gasteiger partial charge in [-0.05, 0) is 64.5 Å². The van der Waals surface area contributed by atoms with Gasteiger partial charge in [-0.25, -0.2) is 0 Å². The summed E-state index contributed by atoms with van der Waals surface area (Å²) in [7, 11) is 0. The second-order valence-corrected chi connectivity index (χ2v) is 8.16. The second kappa shape index (κ2) is 6.36. The lowest BCUT2D eigenvalue weighted by atomic mass is 9.85. The Bertz CT molecular complexity index is 994. The van der Waals surface area contributed by atoms with Crippen LogP contribution in [0.4, 0.5) is 0 Å². The zero-order chi connectivity index (χ0) is 19.4. The van der Waals surface area contributed by atoms with Crippen LogP contribution in [0, 0.1) is 33.6 Å². The van der Waals surface area contributed by atoms with Gasteiger partial charge >= 0.3 is 0 Å². The lowest BCUT2D eigenvalue weighted by molar-refractivity contribution is 0.393. The summed E-state index contributed by atoms with van der Waals surface area (Å²) < 4.78 is 5.44. The number of aromatic nitrogens is 3. The fraction of sp³-hybridized carbons (Fsp3) is 0.476. The fourth-order valence-electron chi connectivity index (χ4n) is 4.30. The number of nitrogens with zero attached hydrogens (tertiary/aromatic N) is 3. The minimum Gasteiger partial charge on any atom is -0.361 e. The van der Waals surface area contributed by atoms with Crippen molar-refractivity contribution in [1.29, 1.82) is 0 Å². The van der Waals surface area contributed by atoms with Gasteiger partial charge in [0.2, 0.25) is 0 Å². The summed E-state index contributed by atoms with van der Waals surface area (Å²) in [4.78, 5) is 4.78. The molecule has 1 atom stereocenters. The molecule has 3 N–H and O–H groups in total. The van der Waals surface area contributed by atoms with Crippen molar-refractivity contribution in [2.24, 2.45) is 10.9 Å². The normalized spacial score (nSPS) is 22.9. The van der Waals surface area contributed by atoms with E-state index in [4.69, 9.17) is 9.52 Å². The molecule has 0 bridgehead atoms. The van der Waals surface area contributed by atoms with Crippen LogP contribution in [-0.2, 0) is 0 Å². The highest BCUT2D eigenvalue weighted by molar-refractivity contribution is 5.97. The summed E-state index contributed by atoms with van der Waals surface area (Å²) in [5, 5.41) is 18.9. The van der Waals surface area contributed by atoms with Crippen molar-refractivity contribution in [3.63, 3.8) is 0 Å². The molecule has 0 amide bonds. The van der Waals surface area contributed by atoms with Crippen LogP contribution in [0.5, 0.6) is 0 Å². The number of aryl methyl sites for hydroxylation is 4. The third-order valence-corrected chi connectivity index (χ3v) is 5.90. The van der Waals surface area contributed by atoms with Crippen molar-refractivity contribution in [3.8, 4) is 0 Å². The highest BCUT2D eigenvalue weighted by Crippen LogP contribution is 2.39. The largest absolute Gasteiger partial charge is 0.361 e. The molecule has 7 heteroatoms. The number of fused-ring (bicyclic) bond motifs is 1. The summed E-state index contributed by atoms with van der Waals surface area (Å²) in [5.41, 5.74) is 8.85. The quantitative estimate of drug-likeness (QED) is 0.760. The molecule has 3 aliphatic rings. The molecule has 1 aliphatic heterocycles. The Morgan fingerprint density at radius 1 is 1.14 bits per heavy atom. The van der Waals surface area contributed by atoms with Gasteiger partial charge in [0, 0.05) is 34.6 Å². The van der Waals surface area contributed by atoms with E-state index >= 15 is 0 Å². The Balaban J connectivity index is 1.59. The number of aromatic amines is 1. The lowest BCUT2D eigenvalue weighted by Gasteiger charge is -2.23. The Hall–Kier alpha value is -2.83. The molecule has 2 fully saturated rings. The van der Waals surface area contributed by atoms with E-state index in [9.17, 15) is 0 Å². The fourth-order valence-corrected chi connectivity index (χ4v) is 4.30. The summed E-state index contributed by atoms with van der Waals surface area (Å²) in [5.74, 6) is 2.51. The molecule has 2 aromatic heterocycles. The van der Waals surface area contributed by atoms with Crippen LogP contribution in [0.25, 0.3) is 11.1 Å². The van der Waals surface area contributed by atoms with Crippen molar-refractivity contribution < 1.29 is 4.52 Å². The maximum atomic E-state index is 5.44. The highest BCUT2D eigenvalue weighted by atomic mass is 16.5. The van der Waals surface area contributed by atoms with E-state index in [2.05, 4.69) is 39.0 Å². The van der Waals surface area contributed by atoms with Gasteiger partial charge < -0.3 is 15.2 Å². The van der Waals surface area contributed by atoms with Gasteiger partial charge in [-0.3, -0.25) is 10.1 Å². The molecule has 2 aliphatic carbocycles. The molecule has 28 heavy (non-hydrogen) atoms. The van der Waals surface area contributed by atoms with E-state index in [0.29, 0.717) is 0 Å². The van der Waals surface area contributed by atoms with Crippen LogP contribution in [0.3, 0.4) is 0 Å².